The van der Waals surface area contributed by atoms with Gasteiger partial charge in [-0.3, -0.25) is 9.59 Å². The highest BCUT2D eigenvalue weighted by Gasteiger charge is 2.68. The third kappa shape index (κ3) is 1.54. The standard InChI is InChI=1S/C18H17N3O2/c1-8-4-10(3-2-9(8)6-19)21-17(22)14-13-7-20-16(12-5-11(12)13)15(14)18(21)23/h2-4,11-16,20H,5,7H2,1H3/t11-,12+,13?,14+,15+,16-/m1/s1. The van der Waals surface area contributed by atoms with E-state index in [0.29, 0.717) is 29.0 Å². The predicted octanol–water partition coefficient (Wildman–Crippen LogP) is 1.21. The number of amides is 2. The van der Waals surface area contributed by atoms with Crippen molar-refractivity contribution in [2.45, 2.75) is 19.4 Å². The first-order valence-electron chi connectivity index (χ1n) is 8.24. The number of hydrogen-bond donors (Lipinski definition) is 1. The van der Waals surface area contributed by atoms with E-state index in [-0.39, 0.29) is 29.7 Å². The van der Waals surface area contributed by atoms with Gasteiger partial charge in [-0.15, -0.1) is 0 Å². The van der Waals surface area contributed by atoms with E-state index in [2.05, 4.69) is 11.4 Å². The normalized spacial score (nSPS) is 39.9. The summed E-state index contributed by atoms with van der Waals surface area (Å²) in [6, 6.07) is 7.49. The van der Waals surface area contributed by atoms with Crippen molar-refractivity contribution in [1.29, 1.82) is 5.26 Å². The molecule has 1 unspecified atom stereocenters. The predicted molar refractivity (Wildman–Crippen MR) is 82.2 cm³/mol. The fourth-order valence-corrected chi connectivity index (χ4v) is 5.21. The molecule has 0 aromatic heterocycles. The van der Waals surface area contributed by atoms with Gasteiger partial charge in [-0.25, -0.2) is 4.90 Å². The lowest BCUT2D eigenvalue weighted by Gasteiger charge is -2.43. The fraction of sp³-hybridized carbons (Fsp3) is 0.500. The Morgan fingerprint density at radius 3 is 2.70 bits per heavy atom. The SMILES string of the molecule is Cc1cc(N2C(=O)[C@@H]3[C@@H]4NCC([C@@H]5C[C@H]45)[C@@H]3C2=O)ccc1C#N. The van der Waals surface area contributed by atoms with Gasteiger partial charge < -0.3 is 5.32 Å². The molecule has 116 valence electrons. The number of nitrogens with zero attached hydrogens (tertiary/aromatic N) is 2. The second kappa shape index (κ2) is 4.21. The molecule has 3 aliphatic heterocycles. The smallest absolute Gasteiger partial charge is 0.239 e. The number of imide groups is 1. The number of carbonyl (C=O) groups excluding carboxylic acids is 2. The van der Waals surface area contributed by atoms with Crippen molar-refractivity contribution in [2.24, 2.45) is 29.6 Å². The van der Waals surface area contributed by atoms with E-state index in [1.807, 2.05) is 6.92 Å². The molecular formula is C18H17N3O2. The van der Waals surface area contributed by atoms with Crippen LogP contribution < -0.4 is 10.2 Å². The second-order valence-corrected chi connectivity index (χ2v) is 7.34. The largest absolute Gasteiger partial charge is 0.313 e. The monoisotopic (exact) mass is 307 g/mol. The van der Waals surface area contributed by atoms with E-state index >= 15 is 0 Å². The third-order valence-electron chi connectivity index (χ3n) is 6.33. The maximum absolute atomic E-state index is 13.0. The van der Waals surface area contributed by atoms with Crippen LogP contribution in [0, 0.1) is 47.8 Å². The number of hydrogen-bond acceptors (Lipinski definition) is 4. The van der Waals surface area contributed by atoms with Crippen LogP contribution in [-0.2, 0) is 9.59 Å². The van der Waals surface area contributed by atoms with Crippen LogP contribution >= 0.6 is 0 Å². The molecule has 0 radical (unpaired) electrons. The lowest BCUT2D eigenvalue weighted by molar-refractivity contribution is -0.127. The summed E-state index contributed by atoms with van der Waals surface area (Å²) in [5.41, 5.74) is 1.98. The summed E-state index contributed by atoms with van der Waals surface area (Å²) in [5, 5.41) is 12.5. The number of benzene rings is 1. The number of rotatable bonds is 1. The molecule has 2 aliphatic carbocycles. The Hall–Kier alpha value is -2.19. The summed E-state index contributed by atoms with van der Waals surface area (Å²) in [6.45, 7) is 2.70. The topological polar surface area (TPSA) is 73.2 Å². The number of nitrogens with one attached hydrogen (secondary N) is 1. The van der Waals surface area contributed by atoms with Crippen molar-refractivity contribution in [1.82, 2.24) is 5.32 Å². The molecule has 6 atom stereocenters. The first kappa shape index (κ1) is 13.3. The number of nitriles is 1. The Balaban J connectivity index is 1.56. The van der Waals surface area contributed by atoms with Crippen LogP contribution in [0.15, 0.2) is 18.2 Å². The maximum Gasteiger partial charge on any atom is 0.239 e. The van der Waals surface area contributed by atoms with E-state index in [4.69, 9.17) is 5.26 Å². The molecule has 5 fully saturated rings. The minimum absolute atomic E-state index is 0.0362. The highest BCUT2D eigenvalue weighted by molar-refractivity contribution is 6.22. The average molecular weight is 307 g/mol. The van der Waals surface area contributed by atoms with E-state index in [1.165, 1.54) is 11.3 Å². The van der Waals surface area contributed by atoms with E-state index in [0.717, 1.165) is 12.1 Å². The molecule has 5 nitrogen and oxygen atoms in total. The molecule has 23 heavy (non-hydrogen) atoms. The summed E-state index contributed by atoms with van der Waals surface area (Å²) in [7, 11) is 0. The Labute approximate surface area is 134 Å². The van der Waals surface area contributed by atoms with Gasteiger partial charge in [0.05, 0.1) is 29.2 Å². The average Bonchev–Trinajstić information content (AvgIpc) is 3.32. The van der Waals surface area contributed by atoms with Gasteiger partial charge in [-0.05, 0) is 61.4 Å². The fourth-order valence-electron chi connectivity index (χ4n) is 5.21. The maximum atomic E-state index is 13.0. The summed E-state index contributed by atoms with van der Waals surface area (Å²) >= 11 is 0. The first-order valence-corrected chi connectivity index (χ1v) is 8.24. The molecule has 1 N–H and O–H groups in total. The van der Waals surface area contributed by atoms with Gasteiger partial charge in [0.1, 0.15) is 0 Å². The number of carbonyl (C=O) groups is 2. The Morgan fingerprint density at radius 2 is 1.96 bits per heavy atom. The van der Waals surface area contributed by atoms with Gasteiger partial charge in [-0.1, -0.05) is 0 Å². The summed E-state index contributed by atoms with van der Waals surface area (Å²) < 4.78 is 0. The van der Waals surface area contributed by atoms with Gasteiger partial charge in [0, 0.05) is 6.04 Å². The molecule has 0 spiro atoms. The molecule has 3 heterocycles. The highest BCUT2D eigenvalue weighted by atomic mass is 16.2. The summed E-state index contributed by atoms with van der Waals surface area (Å²) in [6.07, 6.45) is 1.17. The molecule has 5 heteroatoms. The number of fused-ring (bicyclic) bond motifs is 1. The van der Waals surface area contributed by atoms with Gasteiger partial charge in [-0.2, -0.15) is 5.26 Å². The molecule has 6 rings (SSSR count). The van der Waals surface area contributed by atoms with Crippen molar-refractivity contribution in [3.8, 4) is 6.07 Å². The zero-order valence-electron chi connectivity index (χ0n) is 12.8. The van der Waals surface area contributed by atoms with Crippen molar-refractivity contribution in [3.05, 3.63) is 29.3 Å². The molecule has 1 aromatic carbocycles. The van der Waals surface area contributed by atoms with Crippen molar-refractivity contribution >= 4 is 17.5 Å². The van der Waals surface area contributed by atoms with E-state index < -0.39 is 0 Å². The third-order valence-corrected chi connectivity index (χ3v) is 6.33. The molecule has 2 bridgehead atoms. The molecular weight excluding hydrogens is 290 g/mol. The first-order chi connectivity index (χ1) is 11.1. The van der Waals surface area contributed by atoms with Crippen LogP contribution in [0.4, 0.5) is 5.69 Å². The minimum Gasteiger partial charge on any atom is -0.313 e. The van der Waals surface area contributed by atoms with Crippen LogP contribution in [0.2, 0.25) is 0 Å². The van der Waals surface area contributed by atoms with Gasteiger partial charge in [0.15, 0.2) is 0 Å². The quantitative estimate of drug-likeness (QED) is 0.792. The van der Waals surface area contributed by atoms with Crippen LogP contribution in [0.3, 0.4) is 0 Å². The van der Waals surface area contributed by atoms with Gasteiger partial charge >= 0.3 is 0 Å². The molecule has 3 saturated heterocycles. The van der Waals surface area contributed by atoms with Crippen LogP contribution in [0.5, 0.6) is 0 Å². The minimum atomic E-state index is -0.194. The van der Waals surface area contributed by atoms with E-state index in [1.54, 1.807) is 18.2 Å². The lowest BCUT2D eigenvalue weighted by atomic mass is 9.67. The van der Waals surface area contributed by atoms with Crippen LogP contribution in [-0.4, -0.2) is 24.4 Å². The van der Waals surface area contributed by atoms with Gasteiger partial charge in [0.25, 0.3) is 0 Å². The van der Waals surface area contributed by atoms with Crippen LogP contribution in [0.25, 0.3) is 0 Å². The summed E-state index contributed by atoms with van der Waals surface area (Å²) in [4.78, 5) is 27.3. The Kier molecular flexibility index (Phi) is 2.43. The van der Waals surface area contributed by atoms with Crippen molar-refractivity contribution in [2.75, 3.05) is 11.4 Å². The van der Waals surface area contributed by atoms with E-state index in [9.17, 15) is 9.59 Å². The molecule has 2 amide bonds. The molecule has 5 aliphatic rings. The van der Waals surface area contributed by atoms with Crippen LogP contribution in [0.1, 0.15) is 17.5 Å². The van der Waals surface area contributed by atoms with Crippen molar-refractivity contribution in [3.63, 3.8) is 0 Å². The zero-order chi connectivity index (χ0) is 15.9. The Morgan fingerprint density at radius 1 is 1.17 bits per heavy atom. The number of aryl methyl sites for hydroxylation is 1. The molecule has 1 aromatic rings. The lowest BCUT2D eigenvalue weighted by Crippen LogP contribution is -2.58. The Bertz CT molecular complexity index is 762. The second-order valence-electron chi connectivity index (χ2n) is 7.34. The zero-order valence-corrected chi connectivity index (χ0v) is 12.8. The van der Waals surface area contributed by atoms with Gasteiger partial charge in [0.2, 0.25) is 11.8 Å². The molecule has 2 saturated carbocycles. The number of anilines is 1. The summed E-state index contributed by atoms with van der Waals surface area (Å²) in [5.74, 6) is 1.12. The van der Waals surface area contributed by atoms with Crippen molar-refractivity contribution < 1.29 is 9.59 Å². The number of piperidine rings is 2. The highest BCUT2D eigenvalue weighted by Crippen LogP contribution is 2.61.